The van der Waals surface area contributed by atoms with Crippen molar-refractivity contribution in [3.63, 3.8) is 0 Å². The van der Waals surface area contributed by atoms with E-state index in [1.165, 1.54) is 19.2 Å². The number of nitrogens with zero attached hydrogens (tertiary/aromatic N) is 3. The smallest absolute Gasteiger partial charge is 0.244 e. The average Bonchev–Trinajstić information content (AvgIpc) is 2.56. The van der Waals surface area contributed by atoms with Crippen molar-refractivity contribution >= 4 is 10.0 Å². The van der Waals surface area contributed by atoms with Gasteiger partial charge in [-0.15, -0.1) is 0 Å². The molecule has 0 aliphatic carbocycles. The standard InChI is InChI=1S/C16H16FN3O2S/c1-3-15(12-7-9-19-10-8-12)20(2)23(21,22)16-6-4-5-14(17)13(16)11-18/h4-10,15H,3H2,1-2H3/t15-/m0/s1. The fraction of sp³-hybridized carbons (Fsp3) is 0.250. The Morgan fingerprint density at radius 3 is 2.52 bits per heavy atom. The van der Waals surface area contributed by atoms with E-state index in [-0.39, 0.29) is 4.90 Å². The lowest BCUT2D eigenvalue weighted by Crippen LogP contribution is -2.31. The molecule has 1 aromatic heterocycles. The highest BCUT2D eigenvalue weighted by Crippen LogP contribution is 2.30. The van der Waals surface area contributed by atoms with Gasteiger partial charge in [0.25, 0.3) is 0 Å². The van der Waals surface area contributed by atoms with Gasteiger partial charge >= 0.3 is 0 Å². The Kier molecular flexibility index (Phi) is 5.08. The fourth-order valence-electron chi connectivity index (χ4n) is 2.44. The summed E-state index contributed by atoms with van der Waals surface area (Å²) in [4.78, 5) is 3.60. The van der Waals surface area contributed by atoms with Crippen LogP contribution < -0.4 is 0 Å². The lowest BCUT2D eigenvalue weighted by atomic mass is 10.1. The molecule has 7 heteroatoms. The molecule has 0 bridgehead atoms. The third kappa shape index (κ3) is 3.23. The summed E-state index contributed by atoms with van der Waals surface area (Å²) < 4.78 is 40.6. The molecule has 0 aliphatic rings. The molecule has 5 nitrogen and oxygen atoms in total. The summed E-state index contributed by atoms with van der Waals surface area (Å²) in [5, 5.41) is 9.08. The van der Waals surface area contributed by atoms with E-state index >= 15 is 0 Å². The van der Waals surface area contributed by atoms with E-state index in [0.29, 0.717) is 6.42 Å². The number of aromatic nitrogens is 1. The van der Waals surface area contributed by atoms with Crippen molar-refractivity contribution in [1.82, 2.24) is 9.29 Å². The topological polar surface area (TPSA) is 74.1 Å². The molecular weight excluding hydrogens is 317 g/mol. The lowest BCUT2D eigenvalue weighted by molar-refractivity contribution is 0.366. The zero-order valence-electron chi connectivity index (χ0n) is 12.8. The summed E-state index contributed by atoms with van der Waals surface area (Å²) in [6.07, 6.45) is 3.69. The van der Waals surface area contributed by atoms with Crippen molar-refractivity contribution in [2.45, 2.75) is 24.3 Å². The van der Waals surface area contributed by atoms with E-state index in [1.807, 2.05) is 6.92 Å². The molecule has 23 heavy (non-hydrogen) atoms. The van der Waals surface area contributed by atoms with E-state index in [1.54, 1.807) is 30.6 Å². The lowest BCUT2D eigenvalue weighted by Gasteiger charge is -2.27. The Morgan fingerprint density at radius 2 is 1.96 bits per heavy atom. The van der Waals surface area contributed by atoms with E-state index in [9.17, 15) is 12.8 Å². The minimum absolute atomic E-state index is 0.324. The third-order valence-corrected chi connectivity index (χ3v) is 5.57. The molecule has 0 unspecified atom stereocenters. The second-order valence-corrected chi connectivity index (χ2v) is 6.92. The average molecular weight is 333 g/mol. The Morgan fingerprint density at radius 1 is 1.30 bits per heavy atom. The molecule has 0 amide bonds. The fourth-order valence-corrected chi connectivity index (χ4v) is 4.01. The normalized spacial score (nSPS) is 12.8. The monoisotopic (exact) mass is 333 g/mol. The van der Waals surface area contributed by atoms with Crippen LogP contribution in [0.25, 0.3) is 0 Å². The quantitative estimate of drug-likeness (QED) is 0.843. The van der Waals surface area contributed by atoms with Gasteiger partial charge in [-0.3, -0.25) is 4.98 Å². The summed E-state index contributed by atoms with van der Waals surface area (Å²) in [6, 6.07) is 8.26. The van der Waals surface area contributed by atoms with Crippen molar-refractivity contribution in [2.75, 3.05) is 7.05 Å². The van der Waals surface area contributed by atoms with Crippen LogP contribution in [0.3, 0.4) is 0 Å². The maximum Gasteiger partial charge on any atom is 0.244 e. The molecule has 0 N–H and O–H groups in total. The zero-order valence-corrected chi connectivity index (χ0v) is 13.6. The Bertz CT molecular complexity index is 832. The number of pyridine rings is 1. The van der Waals surface area contributed by atoms with E-state index < -0.39 is 27.4 Å². The molecule has 1 aromatic carbocycles. The van der Waals surface area contributed by atoms with E-state index in [4.69, 9.17) is 5.26 Å². The molecule has 0 fully saturated rings. The molecule has 0 spiro atoms. The number of nitriles is 1. The first-order chi connectivity index (χ1) is 10.9. The van der Waals surface area contributed by atoms with Gasteiger partial charge in [-0.2, -0.15) is 9.57 Å². The first-order valence-electron chi connectivity index (χ1n) is 7.00. The van der Waals surface area contributed by atoms with Crippen molar-refractivity contribution in [2.24, 2.45) is 0 Å². The van der Waals surface area contributed by atoms with Crippen molar-refractivity contribution in [1.29, 1.82) is 5.26 Å². The number of benzene rings is 1. The first-order valence-corrected chi connectivity index (χ1v) is 8.44. The van der Waals surface area contributed by atoms with Crippen molar-refractivity contribution in [3.8, 4) is 6.07 Å². The summed E-state index contributed by atoms with van der Waals surface area (Å²) in [5.74, 6) is -0.848. The van der Waals surface area contributed by atoms with Crippen LogP contribution in [-0.2, 0) is 10.0 Å². The zero-order chi connectivity index (χ0) is 17.0. The Hall–Kier alpha value is -2.30. The second kappa shape index (κ2) is 6.86. The minimum atomic E-state index is -4.01. The highest BCUT2D eigenvalue weighted by atomic mass is 32.2. The third-order valence-electron chi connectivity index (χ3n) is 3.66. The maximum absolute atomic E-state index is 13.7. The Balaban J connectivity index is 2.51. The van der Waals surface area contributed by atoms with Crippen LogP contribution in [0, 0.1) is 17.1 Å². The van der Waals surface area contributed by atoms with Gasteiger partial charge in [0.15, 0.2) is 0 Å². The molecule has 0 saturated carbocycles. The van der Waals surface area contributed by atoms with Gasteiger partial charge in [-0.1, -0.05) is 13.0 Å². The molecule has 1 atom stereocenters. The maximum atomic E-state index is 13.7. The van der Waals surface area contributed by atoms with Gasteiger partial charge in [-0.05, 0) is 36.2 Å². The number of sulfonamides is 1. The van der Waals surface area contributed by atoms with Crippen LogP contribution in [0.15, 0.2) is 47.6 Å². The number of hydrogen-bond donors (Lipinski definition) is 0. The van der Waals surface area contributed by atoms with E-state index in [2.05, 4.69) is 4.98 Å². The van der Waals surface area contributed by atoms with Crippen molar-refractivity contribution < 1.29 is 12.8 Å². The second-order valence-electron chi connectivity index (χ2n) is 4.95. The highest BCUT2D eigenvalue weighted by Gasteiger charge is 2.31. The molecule has 0 radical (unpaired) electrons. The molecular formula is C16H16FN3O2S. The van der Waals surface area contributed by atoms with Gasteiger partial charge in [-0.25, -0.2) is 12.8 Å². The number of halogens is 1. The van der Waals surface area contributed by atoms with Crippen molar-refractivity contribution in [3.05, 3.63) is 59.7 Å². The molecule has 2 rings (SSSR count). The largest absolute Gasteiger partial charge is 0.265 e. The minimum Gasteiger partial charge on any atom is -0.265 e. The summed E-state index contributed by atoms with van der Waals surface area (Å²) in [6.45, 7) is 1.86. The Labute approximate surface area is 135 Å². The molecule has 0 aliphatic heterocycles. The van der Waals surface area contributed by atoms with Gasteiger partial charge in [0.05, 0.1) is 0 Å². The van der Waals surface area contributed by atoms with Gasteiger partial charge in [0.2, 0.25) is 10.0 Å². The number of rotatable bonds is 5. The summed E-state index contributed by atoms with van der Waals surface area (Å²) in [5.41, 5.74) is 0.312. The highest BCUT2D eigenvalue weighted by molar-refractivity contribution is 7.89. The van der Waals surface area contributed by atoms with Crippen LogP contribution in [0.1, 0.15) is 30.5 Å². The number of hydrogen-bond acceptors (Lipinski definition) is 4. The first kappa shape index (κ1) is 17.1. The predicted molar refractivity (Wildman–Crippen MR) is 83.3 cm³/mol. The summed E-state index contributed by atoms with van der Waals surface area (Å²) >= 11 is 0. The molecule has 0 saturated heterocycles. The van der Waals surface area contributed by atoms with Crippen LogP contribution in [0.5, 0.6) is 0 Å². The SMILES string of the molecule is CC[C@@H](c1ccncc1)N(C)S(=O)(=O)c1cccc(F)c1C#N. The van der Waals surface area contributed by atoms with Gasteiger partial charge < -0.3 is 0 Å². The molecule has 1 heterocycles. The van der Waals surface area contributed by atoms with Crippen LogP contribution >= 0.6 is 0 Å². The van der Waals surface area contributed by atoms with Crippen LogP contribution in [0.2, 0.25) is 0 Å². The summed E-state index contributed by atoms with van der Waals surface area (Å²) in [7, 11) is -2.59. The predicted octanol–water partition coefficient (Wildman–Crippen LogP) is 2.86. The van der Waals surface area contributed by atoms with E-state index in [0.717, 1.165) is 15.9 Å². The van der Waals surface area contributed by atoms with Crippen LogP contribution in [0.4, 0.5) is 4.39 Å². The van der Waals surface area contributed by atoms with Crippen LogP contribution in [-0.4, -0.2) is 24.8 Å². The molecule has 120 valence electrons. The molecule has 2 aromatic rings. The van der Waals surface area contributed by atoms with Gasteiger partial charge in [0.1, 0.15) is 22.3 Å². The van der Waals surface area contributed by atoms with Gasteiger partial charge in [0, 0.05) is 25.5 Å².